The van der Waals surface area contributed by atoms with Gasteiger partial charge in [0.1, 0.15) is 12.4 Å². The number of amides is 1. The van der Waals surface area contributed by atoms with Crippen molar-refractivity contribution in [2.75, 3.05) is 11.4 Å². The Morgan fingerprint density at radius 1 is 1.26 bits per heavy atom. The molecule has 0 unspecified atom stereocenters. The molecule has 0 saturated heterocycles. The molecule has 2 heterocycles. The summed E-state index contributed by atoms with van der Waals surface area (Å²) in [6.07, 6.45) is -2.13. The van der Waals surface area contributed by atoms with E-state index in [0.29, 0.717) is 19.4 Å². The number of carbonyl (C=O) groups is 1. The normalized spacial score (nSPS) is 14.7. The number of hydrogen-bond acceptors (Lipinski definition) is 2. The van der Waals surface area contributed by atoms with Crippen LogP contribution >= 0.6 is 0 Å². The molecule has 0 N–H and O–H groups in total. The van der Waals surface area contributed by atoms with E-state index < -0.39 is 23.6 Å². The Balaban J connectivity index is 1.82. The molecule has 0 atom stereocenters. The van der Waals surface area contributed by atoms with Crippen molar-refractivity contribution in [1.82, 2.24) is 9.78 Å². The molecule has 0 saturated carbocycles. The van der Waals surface area contributed by atoms with E-state index >= 15 is 0 Å². The predicted octanol–water partition coefficient (Wildman–Crippen LogP) is 3.02. The second-order valence-corrected chi connectivity index (χ2v) is 5.29. The quantitative estimate of drug-likeness (QED) is 0.795. The molecule has 0 aliphatic carbocycles. The van der Waals surface area contributed by atoms with Crippen LogP contribution in [0.15, 0.2) is 30.5 Å². The van der Waals surface area contributed by atoms with Crippen molar-refractivity contribution in [3.63, 3.8) is 0 Å². The third-order valence-corrected chi connectivity index (χ3v) is 3.70. The molecule has 0 radical (unpaired) electrons. The number of alkyl halides is 3. The van der Waals surface area contributed by atoms with Crippen molar-refractivity contribution in [3.8, 4) is 0 Å². The number of para-hydroxylation sites is 1. The average molecular weight is 327 g/mol. The van der Waals surface area contributed by atoms with Crippen molar-refractivity contribution in [2.45, 2.75) is 25.6 Å². The van der Waals surface area contributed by atoms with E-state index in [9.17, 15) is 22.4 Å². The fraction of sp³-hybridized carbons (Fsp3) is 0.333. The minimum Gasteiger partial charge on any atom is -0.308 e. The summed E-state index contributed by atoms with van der Waals surface area (Å²) >= 11 is 0. The molecule has 1 aromatic carbocycles. The Kier molecular flexibility index (Phi) is 3.83. The first-order valence-electron chi connectivity index (χ1n) is 7.04. The number of aromatic nitrogens is 2. The lowest BCUT2D eigenvalue weighted by Crippen LogP contribution is -2.38. The average Bonchev–Trinajstić information content (AvgIpc) is 2.95. The van der Waals surface area contributed by atoms with E-state index in [-0.39, 0.29) is 12.2 Å². The van der Waals surface area contributed by atoms with Crippen LogP contribution < -0.4 is 4.90 Å². The molecule has 0 fully saturated rings. The molecule has 23 heavy (non-hydrogen) atoms. The maximum absolute atomic E-state index is 14.0. The Bertz CT molecular complexity index is 739. The number of fused-ring (bicyclic) bond motifs is 1. The number of hydrogen-bond donors (Lipinski definition) is 0. The monoisotopic (exact) mass is 327 g/mol. The lowest BCUT2D eigenvalue weighted by atomic mass is 10.0. The molecule has 8 heteroatoms. The van der Waals surface area contributed by atoms with Crippen LogP contribution in [0.5, 0.6) is 0 Å². The summed E-state index contributed by atoms with van der Waals surface area (Å²) in [5.74, 6) is -1.00. The summed E-state index contributed by atoms with van der Waals surface area (Å²) in [4.78, 5) is 13.6. The van der Waals surface area contributed by atoms with Gasteiger partial charge in [-0.15, -0.1) is 0 Å². The van der Waals surface area contributed by atoms with E-state index in [1.54, 1.807) is 12.1 Å². The maximum Gasteiger partial charge on any atom is 0.435 e. The summed E-state index contributed by atoms with van der Waals surface area (Å²) in [6, 6.07) is 5.39. The van der Waals surface area contributed by atoms with Crippen LogP contribution in [-0.2, 0) is 23.9 Å². The molecule has 1 amide bonds. The van der Waals surface area contributed by atoms with Crippen molar-refractivity contribution in [3.05, 3.63) is 47.5 Å². The minimum atomic E-state index is -4.56. The molecule has 1 aliphatic heterocycles. The largest absolute Gasteiger partial charge is 0.435 e. The highest BCUT2D eigenvalue weighted by molar-refractivity contribution is 5.94. The highest BCUT2D eigenvalue weighted by Crippen LogP contribution is 2.30. The smallest absolute Gasteiger partial charge is 0.308 e. The molecule has 1 aromatic heterocycles. The van der Waals surface area contributed by atoms with Crippen LogP contribution in [-0.4, -0.2) is 22.2 Å². The molecular formula is C15H13F4N3O. The molecule has 0 spiro atoms. The minimum absolute atomic E-state index is 0.215. The topological polar surface area (TPSA) is 38.1 Å². The van der Waals surface area contributed by atoms with Crippen LogP contribution in [0.1, 0.15) is 17.7 Å². The van der Waals surface area contributed by atoms with Crippen molar-refractivity contribution in [2.24, 2.45) is 0 Å². The number of anilines is 1. The van der Waals surface area contributed by atoms with Crippen LogP contribution in [0.3, 0.4) is 0 Å². The van der Waals surface area contributed by atoms with Crippen molar-refractivity contribution < 1.29 is 22.4 Å². The van der Waals surface area contributed by atoms with Gasteiger partial charge < -0.3 is 4.90 Å². The predicted molar refractivity (Wildman–Crippen MR) is 74.3 cm³/mol. The second-order valence-electron chi connectivity index (χ2n) is 5.29. The number of nitrogens with zero attached hydrogens (tertiary/aromatic N) is 3. The molecule has 1 aliphatic rings. The Morgan fingerprint density at radius 2 is 2.04 bits per heavy atom. The molecule has 2 aromatic rings. The number of aryl methyl sites for hydroxylation is 1. The fourth-order valence-corrected chi connectivity index (χ4v) is 2.68. The highest BCUT2D eigenvalue weighted by atomic mass is 19.4. The zero-order valence-electron chi connectivity index (χ0n) is 12.0. The van der Waals surface area contributed by atoms with Gasteiger partial charge in [-0.2, -0.15) is 18.3 Å². The summed E-state index contributed by atoms with van der Waals surface area (Å²) in [6.45, 7) is -0.0377. The fourth-order valence-electron chi connectivity index (χ4n) is 2.68. The van der Waals surface area contributed by atoms with Gasteiger partial charge in [0.05, 0.1) is 5.69 Å². The lowest BCUT2D eigenvalue weighted by molar-refractivity contribution is -0.141. The van der Waals surface area contributed by atoms with Crippen LogP contribution in [0.2, 0.25) is 0 Å². The van der Waals surface area contributed by atoms with Crippen LogP contribution in [0.4, 0.5) is 23.2 Å². The summed E-state index contributed by atoms with van der Waals surface area (Å²) < 4.78 is 52.5. The number of rotatable bonds is 2. The van der Waals surface area contributed by atoms with Gasteiger partial charge in [0.2, 0.25) is 5.91 Å². The van der Waals surface area contributed by atoms with Crippen molar-refractivity contribution in [1.29, 1.82) is 0 Å². The number of benzene rings is 1. The first kappa shape index (κ1) is 15.5. The molecule has 0 bridgehead atoms. The van der Waals surface area contributed by atoms with Gasteiger partial charge in [0.25, 0.3) is 0 Å². The zero-order valence-corrected chi connectivity index (χ0v) is 12.0. The zero-order chi connectivity index (χ0) is 16.6. The third-order valence-electron chi connectivity index (χ3n) is 3.70. The van der Waals surface area contributed by atoms with Gasteiger partial charge >= 0.3 is 6.18 Å². The SMILES string of the molecule is O=C(Cn1ccc(C(F)(F)F)n1)N1CCCc2cccc(F)c21. The first-order chi connectivity index (χ1) is 10.9. The van der Waals surface area contributed by atoms with E-state index in [1.807, 2.05) is 0 Å². The summed E-state index contributed by atoms with van der Waals surface area (Å²) in [5.41, 5.74) is -0.122. The first-order valence-corrected chi connectivity index (χ1v) is 7.04. The van der Waals surface area contributed by atoms with E-state index in [4.69, 9.17) is 0 Å². The van der Waals surface area contributed by atoms with Gasteiger partial charge in [0, 0.05) is 12.7 Å². The standard InChI is InChI=1S/C15H13F4N3O/c16-11-5-1-3-10-4-2-7-22(14(10)11)13(23)9-21-8-6-12(20-21)15(17,18)19/h1,3,5-6,8H,2,4,7,9H2. The number of carbonyl (C=O) groups excluding carboxylic acids is 1. The van der Waals surface area contributed by atoms with Gasteiger partial charge in [-0.05, 0) is 30.5 Å². The Morgan fingerprint density at radius 3 is 2.74 bits per heavy atom. The molecular weight excluding hydrogens is 314 g/mol. The van der Waals surface area contributed by atoms with E-state index in [2.05, 4.69) is 5.10 Å². The third kappa shape index (κ3) is 3.06. The number of halogens is 4. The Labute approximate surface area is 129 Å². The van der Waals surface area contributed by atoms with Crippen LogP contribution in [0.25, 0.3) is 0 Å². The van der Waals surface area contributed by atoms with Crippen LogP contribution in [0, 0.1) is 5.82 Å². The molecule has 4 nitrogen and oxygen atoms in total. The van der Waals surface area contributed by atoms with Gasteiger partial charge in [-0.3, -0.25) is 9.48 Å². The van der Waals surface area contributed by atoms with Gasteiger partial charge in [-0.25, -0.2) is 4.39 Å². The van der Waals surface area contributed by atoms with Crippen molar-refractivity contribution >= 4 is 11.6 Å². The lowest BCUT2D eigenvalue weighted by Gasteiger charge is -2.29. The van der Waals surface area contributed by atoms with Gasteiger partial charge in [0.15, 0.2) is 5.69 Å². The highest BCUT2D eigenvalue weighted by Gasteiger charge is 2.34. The van der Waals surface area contributed by atoms with E-state index in [1.165, 1.54) is 11.0 Å². The maximum atomic E-state index is 14.0. The molecule has 3 rings (SSSR count). The Hall–Kier alpha value is -2.38. The van der Waals surface area contributed by atoms with Gasteiger partial charge in [-0.1, -0.05) is 12.1 Å². The summed E-state index contributed by atoms with van der Waals surface area (Å²) in [7, 11) is 0. The second kappa shape index (κ2) is 5.68. The summed E-state index contributed by atoms with van der Waals surface area (Å²) in [5, 5.41) is 3.35. The van der Waals surface area contributed by atoms with E-state index in [0.717, 1.165) is 22.5 Å². The molecule has 122 valence electrons.